The average molecular weight is 344 g/mol. The molecule has 3 nitrogen and oxygen atoms in total. The maximum absolute atomic E-state index is 6.37. The second-order valence-corrected chi connectivity index (χ2v) is 6.68. The first-order chi connectivity index (χ1) is 11.7. The predicted octanol–water partition coefficient (Wildman–Crippen LogP) is 3.72. The van der Waals surface area contributed by atoms with Crippen LogP contribution in [0.25, 0.3) is 0 Å². The lowest BCUT2D eigenvalue weighted by Gasteiger charge is -2.32. The Morgan fingerprint density at radius 3 is 2.50 bits per heavy atom. The van der Waals surface area contributed by atoms with E-state index in [9.17, 15) is 0 Å². The van der Waals surface area contributed by atoms with E-state index >= 15 is 0 Å². The fraction of sp³-hybridized carbons (Fsp3) is 0.350. The van der Waals surface area contributed by atoms with Gasteiger partial charge in [-0.1, -0.05) is 48.0 Å². The van der Waals surface area contributed by atoms with Crippen LogP contribution in [0.15, 0.2) is 48.5 Å². The van der Waals surface area contributed by atoms with Crippen molar-refractivity contribution in [3.8, 4) is 5.75 Å². The molecule has 4 heteroatoms. The molecule has 0 unspecified atom stereocenters. The van der Waals surface area contributed by atoms with Gasteiger partial charge in [0.05, 0.1) is 5.02 Å². The molecule has 1 saturated heterocycles. The van der Waals surface area contributed by atoms with Gasteiger partial charge in [-0.3, -0.25) is 0 Å². The summed E-state index contributed by atoms with van der Waals surface area (Å²) in [4.78, 5) is 4.83. The van der Waals surface area contributed by atoms with Gasteiger partial charge < -0.3 is 14.5 Å². The molecule has 1 fully saturated rings. The molecule has 24 heavy (non-hydrogen) atoms. The van der Waals surface area contributed by atoms with Crippen LogP contribution in [0.4, 0.5) is 0 Å². The number of hydrogen-bond donors (Lipinski definition) is 0. The number of hydrogen-bond acceptors (Lipinski definition) is 3. The molecule has 1 aliphatic heterocycles. The van der Waals surface area contributed by atoms with Crippen LogP contribution in [0.2, 0.25) is 5.02 Å². The van der Waals surface area contributed by atoms with E-state index in [-0.39, 0.29) is 0 Å². The van der Waals surface area contributed by atoms with Gasteiger partial charge in [0.1, 0.15) is 12.4 Å². The Morgan fingerprint density at radius 1 is 1.04 bits per heavy atom. The van der Waals surface area contributed by atoms with Crippen molar-refractivity contribution in [1.29, 1.82) is 0 Å². The summed E-state index contributed by atoms with van der Waals surface area (Å²) in [5, 5.41) is 0.665. The minimum absolute atomic E-state index is 0.533. The Balaban J connectivity index is 1.50. The predicted molar refractivity (Wildman–Crippen MR) is 99.6 cm³/mol. The lowest BCUT2D eigenvalue weighted by molar-refractivity contribution is 0.164. The van der Waals surface area contributed by atoms with Crippen LogP contribution in [-0.2, 0) is 6.61 Å². The molecule has 0 saturated carbocycles. The second-order valence-electron chi connectivity index (χ2n) is 6.27. The number of piperazine rings is 1. The van der Waals surface area contributed by atoms with Gasteiger partial charge in [-0.25, -0.2) is 0 Å². The van der Waals surface area contributed by atoms with Crippen molar-refractivity contribution < 1.29 is 4.74 Å². The Morgan fingerprint density at radius 2 is 1.79 bits per heavy atom. The Hall–Kier alpha value is -1.55. The summed E-state index contributed by atoms with van der Waals surface area (Å²) >= 11 is 6.37. The van der Waals surface area contributed by atoms with Gasteiger partial charge in [-0.2, -0.15) is 0 Å². The molecule has 0 amide bonds. The van der Waals surface area contributed by atoms with E-state index in [0.29, 0.717) is 11.6 Å². The summed E-state index contributed by atoms with van der Waals surface area (Å²) in [6.45, 7) is 6.03. The molecule has 0 N–H and O–H groups in total. The molecule has 0 aromatic heterocycles. The van der Waals surface area contributed by atoms with E-state index in [1.807, 2.05) is 42.5 Å². The number of nitrogens with zero attached hydrogens (tertiary/aromatic N) is 2. The first-order valence-electron chi connectivity index (χ1n) is 8.41. The average Bonchev–Trinajstić information content (AvgIpc) is 2.61. The summed E-state index contributed by atoms with van der Waals surface area (Å²) in [6.07, 6.45) is 2.23. The quantitative estimate of drug-likeness (QED) is 0.795. The first kappa shape index (κ1) is 17.3. The summed E-state index contributed by atoms with van der Waals surface area (Å²) in [5.74, 6) is 0.734. The second kappa shape index (κ2) is 8.52. The highest BCUT2D eigenvalue weighted by Gasteiger charge is 2.13. The van der Waals surface area contributed by atoms with Crippen molar-refractivity contribution in [1.82, 2.24) is 9.80 Å². The maximum Gasteiger partial charge on any atom is 0.138 e. The normalized spacial score (nSPS) is 16.2. The number of benzene rings is 2. The Kier molecular flexibility index (Phi) is 6.13. The van der Waals surface area contributed by atoms with Crippen LogP contribution < -0.4 is 4.74 Å². The minimum atomic E-state index is 0.533. The highest BCUT2D eigenvalue weighted by Crippen LogP contribution is 2.27. The molecule has 3 rings (SSSR count). The number of likely N-dealkylation sites (N-methyl/N-ethyl adjacent to an activating group) is 1. The van der Waals surface area contributed by atoms with Gasteiger partial charge >= 0.3 is 0 Å². The van der Waals surface area contributed by atoms with Gasteiger partial charge in [-0.05, 0) is 30.3 Å². The third-order valence-electron chi connectivity index (χ3n) is 4.37. The van der Waals surface area contributed by atoms with Crippen molar-refractivity contribution in [2.24, 2.45) is 0 Å². The van der Waals surface area contributed by atoms with Crippen LogP contribution in [0.5, 0.6) is 5.75 Å². The molecule has 1 radical (unpaired) electrons. The number of ether oxygens (including phenoxy) is 1. The van der Waals surface area contributed by atoms with Crippen molar-refractivity contribution in [2.45, 2.75) is 6.61 Å². The van der Waals surface area contributed by atoms with Gasteiger partial charge in [0.15, 0.2) is 0 Å². The summed E-state index contributed by atoms with van der Waals surface area (Å²) < 4.78 is 5.82. The molecule has 1 heterocycles. The van der Waals surface area contributed by atoms with Crippen molar-refractivity contribution >= 4 is 11.6 Å². The van der Waals surface area contributed by atoms with Crippen LogP contribution >= 0.6 is 11.6 Å². The lowest BCUT2D eigenvalue weighted by atomic mass is 10.1. The summed E-state index contributed by atoms with van der Waals surface area (Å²) in [7, 11) is 2.18. The van der Waals surface area contributed by atoms with Crippen molar-refractivity contribution in [3.63, 3.8) is 0 Å². The molecule has 2 aromatic carbocycles. The third kappa shape index (κ3) is 4.97. The maximum atomic E-state index is 6.37. The van der Waals surface area contributed by atoms with E-state index < -0.39 is 0 Å². The molecule has 0 aliphatic carbocycles. The van der Waals surface area contributed by atoms with Crippen LogP contribution in [0, 0.1) is 6.42 Å². The summed E-state index contributed by atoms with van der Waals surface area (Å²) in [6, 6.07) is 16.1. The Labute approximate surface area is 149 Å². The van der Waals surface area contributed by atoms with E-state index in [1.165, 1.54) is 0 Å². The molecule has 127 valence electrons. The van der Waals surface area contributed by atoms with E-state index in [0.717, 1.165) is 49.6 Å². The van der Waals surface area contributed by atoms with Gasteiger partial charge in [0.25, 0.3) is 0 Å². The van der Waals surface area contributed by atoms with Gasteiger partial charge in [0.2, 0.25) is 0 Å². The van der Waals surface area contributed by atoms with Crippen LogP contribution in [-0.4, -0.2) is 49.6 Å². The zero-order valence-corrected chi connectivity index (χ0v) is 14.9. The molecular formula is C20H24ClN2O. The largest absolute Gasteiger partial charge is 0.487 e. The smallest absolute Gasteiger partial charge is 0.138 e. The number of halogens is 1. The minimum Gasteiger partial charge on any atom is -0.487 e. The number of rotatable bonds is 6. The molecule has 0 atom stereocenters. The van der Waals surface area contributed by atoms with E-state index in [2.05, 4.69) is 29.3 Å². The third-order valence-corrected chi connectivity index (χ3v) is 4.67. The molecule has 0 bridgehead atoms. The van der Waals surface area contributed by atoms with Crippen molar-refractivity contribution in [2.75, 3.05) is 39.8 Å². The van der Waals surface area contributed by atoms with Crippen LogP contribution in [0.3, 0.4) is 0 Å². The molecular weight excluding hydrogens is 320 g/mol. The standard InChI is InChI=1S/C20H24ClN2O/c1-22-11-13-23(14-12-22)10-9-17-7-8-20(19(21)15-17)24-16-18-5-3-2-4-6-18/h2-9,15H,10-14,16H2,1H3. The van der Waals surface area contributed by atoms with E-state index in [4.69, 9.17) is 16.3 Å². The summed E-state index contributed by atoms with van der Waals surface area (Å²) in [5.41, 5.74) is 2.28. The molecule has 1 aliphatic rings. The SMILES string of the molecule is CN1CCN(C[CH]c2ccc(OCc3ccccc3)c(Cl)c2)CC1. The zero-order valence-electron chi connectivity index (χ0n) is 14.1. The van der Waals surface area contributed by atoms with Gasteiger partial charge in [-0.15, -0.1) is 0 Å². The highest BCUT2D eigenvalue weighted by atomic mass is 35.5. The van der Waals surface area contributed by atoms with E-state index in [1.54, 1.807) is 0 Å². The van der Waals surface area contributed by atoms with Crippen molar-refractivity contribution in [3.05, 3.63) is 71.1 Å². The van der Waals surface area contributed by atoms with Crippen LogP contribution in [0.1, 0.15) is 11.1 Å². The fourth-order valence-corrected chi connectivity index (χ4v) is 3.00. The fourth-order valence-electron chi connectivity index (χ4n) is 2.76. The van der Waals surface area contributed by atoms with Gasteiger partial charge in [0, 0.05) is 39.1 Å². The molecule has 0 spiro atoms. The topological polar surface area (TPSA) is 15.7 Å². The lowest BCUT2D eigenvalue weighted by Crippen LogP contribution is -2.44. The molecule has 2 aromatic rings. The Bertz CT molecular complexity index is 639. The first-order valence-corrected chi connectivity index (χ1v) is 8.79. The monoisotopic (exact) mass is 343 g/mol. The highest BCUT2D eigenvalue weighted by molar-refractivity contribution is 6.32. The zero-order chi connectivity index (χ0) is 16.8.